The molecule has 0 N–H and O–H groups in total. The number of ether oxygens (including phenoxy) is 4. The second-order valence-corrected chi connectivity index (χ2v) is 8.93. The van der Waals surface area contributed by atoms with Crippen LogP contribution >= 0.6 is 0 Å². The van der Waals surface area contributed by atoms with E-state index in [0.717, 1.165) is 5.56 Å². The number of rotatable bonds is 2. The molecule has 1 aromatic carbocycles. The second-order valence-electron chi connectivity index (χ2n) is 8.93. The minimum Gasteiger partial charge on any atom is -0.422 e. The van der Waals surface area contributed by atoms with Crippen LogP contribution in [0.1, 0.15) is 52.0 Å². The van der Waals surface area contributed by atoms with Crippen molar-refractivity contribution in [3.05, 3.63) is 35.9 Å². The Balaban J connectivity index is 1.86. The van der Waals surface area contributed by atoms with Crippen LogP contribution in [0.2, 0.25) is 0 Å². The predicted octanol–water partition coefficient (Wildman–Crippen LogP) is 2.72. The van der Waals surface area contributed by atoms with Crippen LogP contribution in [0.25, 0.3) is 0 Å². The number of cyclic esters (lactones) is 2. The van der Waals surface area contributed by atoms with Gasteiger partial charge in [-0.2, -0.15) is 0 Å². The minimum atomic E-state index is -1.67. The van der Waals surface area contributed by atoms with E-state index in [1.54, 1.807) is 13.8 Å². The number of hydrogen-bond acceptors (Lipinski definition) is 7. The normalized spacial score (nSPS) is 32.7. The molecule has 0 bridgehead atoms. The number of esters is 2. The fraction of sp³-hybridized carbons (Fsp3) is 0.591. The summed E-state index contributed by atoms with van der Waals surface area (Å²) in [5.74, 6) is -5.04. The smallest absolute Gasteiger partial charge is 0.327 e. The van der Waals surface area contributed by atoms with E-state index in [9.17, 15) is 14.4 Å². The van der Waals surface area contributed by atoms with Gasteiger partial charge in [-0.1, -0.05) is 30.3 Å². The monoisotopic (exact) mass is 402 g/mol. The standard InChI is InChI=1S/C22H26O7/c1-20(2)26-12-17(27-20)16-11-14(23)10-15(13-8-6-5-7-9-13)22(16)18(24)28-21(3,4)29-19(22)25/h5-9,15-17H,10-12H2,1-4H3/t15-,16+,17-/m1/s1. The molecule has 1 spiro atoms. The maximum atomic E-state index is 13.5. The molecule has 2 aliphatic heterocycles. The highest BCUT2D eigenvalue weighted by Crippen LogP contribution is 2.56. The summed E-state index contributed by atoms with van der Waals surface area (Å²) in [6.07, 6.45) is -0.526. The van der Waals surface area contributed by atoms with E-state index in [1.165, 1.54) is 13.8 Å². The lowest BCUT2D eigenvalue weighted by molar-refractivity contribution is -0.263. The molecule has 2 saturated heterocycles. The average Bonchev–Trinajstić information content (AvgIpc) is 2.99. The first-order chi connectivity index (χ1) is 13.6. The van der Waals surface area contributed by atoms with E-state index in [0.29, 0.717) is 0 Å². The predicted molar refractivity (Wildman–Crippen MR) is 101 cm³/mol. The first-order valence-electron chi connectivity index (χ1n) is 9.90. The van der Waals surface area contributed by atoms with Crippen molar-refractivity contribution < 1.29 is 33.3 Å². The van der Waals surface area contributed by atoms with Gasteiger partial charge >= 0.3 is 11.9 Å². The fourth-order valence-corrected chi connectivity index (χ4v) is 4.85. The van der Waals surface area contributed by atoms with Crippen LogP contribution in [0.4, 0.5) is 0 Å². The van der Waals surface area contributed by atoms with Crippen LogP contribution in [-0.4, -0.2) is 42.0 Å². The zero-order valence-corrected chi connectivity index (χ0v) is 17.1. The molecule has 29 heavy (non-hydrogen) atoms. The SMILES string of the molecule is CC1(C)OC(=O)C2(C(=O)O1)[C@@H](c1ccccc1)CC(=O)C[C@H]2[C@H]1COC(C)(C)O1. The highest BCUT2D eigenvalue weighted by atomic mass is 16.8. The summed E-state index contributed by atoms with van der Waals surface area (Å²) < 4.78 is 22.9. The van der Waals surface area contributed by atoms with Gasteiger partial charge in [-0.05, 0) is 19.4 Å². The molecule has 0 aromatic heterocycles. The van der Waals surface area contributed by atoms with Crippen LogP contribution in [-0.2, 0) is 33.3 Å². The first kappa shape index (κ1) is 20.0. The number of Topliss-reactive ketones (excluding diaryl/α,β-unsaturated/α-hetero) is 1. The molecule has 3 atom stereocenters. The van der Waals surface area contributed by atoms with E-state index in [-0.39, 0.29) is 25.2 Å². The molecule has 2 heterocycles. The van der Waals surface area contributed by atoms with Crippen LogP contribution in [0.15, 0.2) is 30.3 Å². The first-order valence-corrected chi connectivity index (χ1v) is 9.90. The van der Waals surface area contributed by atoms with E-state index >= 15 is 0 Å². The molecule has 156 valence electrons. The summed E-state index contributed by atoms with van der Waals surface area (Å²) in [6.45, 7) is 6.75. The van der Waals surface area contributed by atoms with Gasteiger partial charge in [-0.25, -0.2) is 0 Å². The molecule has 3 aliphatic rings. The maximum Gasteiger partial charge on any atom is 0.327 e. The molecule has 3 fully saturated rings. The van der Waals surface area contributed by atoms with Gasteiger partial charge in [0.15, 0.2) is 11.2 Å². The third-order valence-corrected chi connectivity index (χ3v) is 6.05. The Morgan fingerprint density at radius 2 is 1.48 bits per heavy atom. The number of benzene rings is 1. The number of ketones is 1. The van der Waals surface area contributed by atoms with Gasteiger partial charge < -0.3 is 18.9 Å². The molecule has 7 nitrogen and oxygen atoms in total. The number of carbonyl (C=O) groups is 3. The number of carbonyl (C=O) groups excluding carboxylic acids is 3. The van der Waals surface area contributed by atoms with Crippen molar-refractivity contribution >= 4 is 17.7 Å². The summed E-state index contributed by atoms with van der Waals surface area (Å²) >= 11 is 0. The molecule has 4 rings (SSSR count). The van der Waals surface area contributed by atoms with E-state index in [2.05, 4.69) is 0 Å². The average molecular weight is 402 g/mol. The van der Waals surface area contributed by atoms with Crippen molar-refractivity contribution in [2.24, 2.45) is 11.3 Å². The van der Waals surface area contributed by atoms with Crippen LogP contribution in [0.3, 0.4) is 0 Å². The van der Waals surface area contributed by atoms with Crippen molar-refractivity contribution in [3.63, 3.8) is 0 Å². The third kappa shape index (κ3) is 3.26. The van der Waals surface area contributed by atoms with Crippen LogP contribution in [0.5, 0.6) is 0 Å². The van der Waals surface area contributed by atoms with E-state index < -0.39 is 46.9 Å². The molecule has 1 aromatic rings. The quantitative estimate of drug-likeness (QED) is 0.555. The zero-order chi connectivity index (χ0) is 21.0. The summed E-state index contributed by atoms with van der Waals surface area (Å²) in [7, 11) is 0. The minimum absolute atomic E-state index is 0.0259. The van der Waals surface area contributed by atoms with E-state index in [1.807, 2.05) is 30.3 Å². The molecule has 0 unspecified atom stereocenters. The Morgan fingerprint density at radius 1 is 0.862 bits per heavy atom. The third-order valence-electron chi connectivity index (χ3n) is 6.05. The van der Waals surface area contributed by atoms with E-state index in [4.69, 9.17) is 18.9 Å². The Morgan fingerprint density at radius 3 is 2.03 bits per heavy atom. The topological polar surface area (TPSA) is 88.1 Å². The highest BCUT2D eigenvalue weighted by molar-refractivity contribution is 6.05. The highest BCUT2D eigenvalue weighted by Gasteiger charge is 2.69. The lowest BCUT2D eigenvalue weighted by Crippen LogP contribution is -2.64. The largest absolute Gasteiger partial charge is 0.422 e. The Kier molecular flexibility index (Phi) is 4.59. The summed E-state index contributed by atoms with van der Waals surface area (Å²) in [5, 5.41) is 0. The second kappa shape index (κ2) is 6.64. The molecule has 1 saturated carbocycles. The number of hydrogen-bond donors (Lipinski definition) is 0. The van der Waals surface area contributed by atoms with Gasteiger partial charge in [0.25, 0.3) is 5.79 Å². The van der Waals surface area contributed by atoms with Crippen molar-refractivity contribution in [2.75, 3.05) is 6.61 Å². The van der Waals surface area contributed by atoms with Gasteiger partial charge in [0.05, 0.1) is 12.7 Å². The molecule has 0 radical (unpaired) electrons. The molecule has 7 heteroatoms. The molecular formula is C22H26O7. The summed E-state index contributed by atoms with van der Waals surface area (Å²) in [5.41, 5.74) is -0.948. The summed E-state index contributed by atoms with van der Waals surface area (Å²) in [6, 6.07) is 9.11. The molecule has 0 amide bonds. The van der Waals surface area contributed by atoms with Gasteiger partial charge in [-0.3, -0.25) is 14.4 Å². The Bertz CT molecular complexity index is 822. The zero-order valence-electron chi connectivity index (χ0n) is 17.1. The van der Waals surface area contributed by atoms with Crippen LogP contribution in [0, 0.1) is 11.3 Å². The van der Waals surface area contributed by atoms with Crippen molar-refractivity contribution in [1.29, 1.82) is 0 Å². The Labute approximate surface area is 169 Å². The summed E-state index contributed by atoms with van der Waals surface area (Å²) in [4.78, 5) is 39.7. The van der Waals surface area contributed by atoms with Crippen LogP contribution < -0.4 is 0 Å². The van der Waals surface area contributed by atoms with Gasteiger partial charge in [-0.15, -0.1) is 0 Å². The van der Waals surface area contributed by atoms with Gasteiger partial charge in [0.1, 0.15) is 5.78 Å². The maximum absolute atomic E-state index is 13.5. The fourth-order valence-electron chi connectivity index (χ4n) is 4.85. The molecule has 1 aliphatic carbocycles. The lowest BCUT2D eigenvalue weighted by atomic mass is 9.56. The lowest BCUT2D eigenvalue weighted by Gasteiger charge is -2.50. The van der Waals surface area contributed by atoms with Gasteiger partial charge in [0.2, 0.25) is 0 Å². The molecular weight excluding hydrogens is 376 g/mol. The Hall–Kier alpha value is -2.25. The van der Waals surface area contributed by atoms with Crippen molar-refractivity contribution in [2.45, 2.75) is 64.1 Å². The van der Waals surface area contributed by atoms with Gasteiger partial charge in [0, 0.05) is 38.5 Å². The van der Waals surface area contributed by atoms with Crippen molar-refractivity contribution in [1.82, 2.24) is 0 Å². The van der Waals surface area contributed by atoms with Crippen molar-refractivity contribution in [3.8, 4) is 0 Å².